The van der Waals surface area contributed by atoms with Gasteiger partial charge in [-0.2, -0.15) is 0 Å². The van der Waals surface area contributed by atoms with Gasteiger partial charge in [0.2, 0.25) is 0 Å². The van der Waals surface area contributed by atoms with Crippen molar-refractivity contribution >= 4 is 32.9 Å². The standard InChI is InChI=1S/C12H15N3O3S/c1-7(6-18-3)13-9-4-10-12(19-8(2)14-10)5-11(9)15(16)17/h4-5,7,13H,6H2,1-3H3. The zero-order valence-corrected chi connectivity index (χ0v) is 11.8. The van der Waals surface area contributed by atoms with Gasteiger partial charge in [0.25, 0.3) is 5.69 Å². The molecule has 1 unspecified atom stereocenters. The molecule has 102 valence electrons. The molecule has 1 N–H and O–H groups in total. The van der Waals surface area contributed by atoms with Gasteiger partial charge < -0.3 is 10.1 Å². The lowest BCUT2D eigenvalue weighted by Crippen LogP contribution is -2.21. The number of hydrogen-bond donors (Lipinski definition) is 1. The normalized spacial score (nSPS) is 12.6. The minimum absolute atomic E-state index is 0.0131. The molecule has 2 aromatic rings. The van der Waals surface area contributed by atoms with Gasteiger partial charge >= 0.3 is 0 Å². The maximum absolute atomic E-state index is 11.1. The Morgan fingerprint density at radius 2 is 2.32 bits per heavy atom. The highest BCUT2D eigenvalue weighted by Gasteiger charge is 2.18. The third-order valence-corrected chi connectivity index (χ3v) is 3.56. The fourth-order valence-electron chi connectivity index (χ4n) is 1.90. The van der Waals surface area contributed by atoms with E-state index in [1.54, 1.807) is 19.2 Å². The molecule has 0 radical (unpaired) electrons. The number of rotatable bonds is 5. The van der Waals surface area contributed by atoms with Crippen LogP contribution >= 0.6 is 11.3 Å². The minimum atomic E-state index is -0.379. The summed E-state index contributed by atoms with van der Waals surface area (Å²) in [5.41, 5.74) is 1.33. The van der Waals surface area contributed by atoms with Gasteiger partial charge in [0.05, 0.1) is 26.8 Å². The molecule has 0 spiro atoms. The quantitative estimate of drug-likeness (QED) is 0.673. The van der Waals surface area contributed by atoms with Crippen LogP contribution in [0.5, 0.6) is 0 Å². The van der Waals surface area contributed by atoms with Crippen molar-refractivity contribution in [2.45, 2.75) is 19.9 Å². The number of aromatic nitrogens is 1. The van der Waals surface area contributed by atoms with Gasteiger partial charge in [-0.1, -0.05) is 0 Å². The van der Waals surface area contributed by atoms with Crippen LogP contribution in [0.2, 0.25) is 0 Å². The van der Waals surface area contributed by atoms with Crippen LogP contribution in [0.15, 0.2) is 12.1 Å². The lowest BCUT2D eigenvalue weighted by atomic mass is 10.2. The highest BCUT2D eigenvalue weighted by molar-refractivity contribution is 7.18. The maximum Gasteiger partial charge on any atom is 0.293 e. The molecule has 6 nitrogen and oxygen atoms in total. The Hall–Kier alpha value is -1.73. The zero-order valence-electron chi connectivity index (χ0n) is 11.0. The Morgan fingerprint density at radius 1 is 1.58 bits per heavy atom. The van der Waals surface area contributed by atoms with Gasteiger partial charge in [0.1, 0.15) is 5.69 Å². The average Bonchev–Trinajstić information content (AvgIpc) is 2.67. The van der Waals surface area contributed by atoms with Crippen molar-refractivity contribution in [1.82, 2.24) is 4.98 Å². The zero-order chi connectivity index (χ0) is 14.0. The number of ether oxygens (including phenoxy) is 1. The topological polar surface area (TPSA) is 77.3 Å². The first-order valence-corrected chi connectivity index (χ1v) is 6.64. The molecule has 0 aliphatic rings. The van der Waals surface area contributed by atoms with Crippen LogP contribution in [0.1, 0.15) is 11.9 Å². The molecule has 0 fully saturated rings. The summed E-state index contributed by atoms with van der Waals surface area (Å²) < 4.78 is 5.85. The number of nitro benzene ring substituents is 1. The number of benzene rings is 1. The van der Waals surface area contributed by atoms with Gasteiger partial charge in [-0.15, -0.1) is 11.3 Å². The van der Waals surface area contributed by atoms with Crippen LogP contribution in [0.25, 0.3) is 10.2 Å². The van der Waals surface area contributed by atoms with E-state index in [0.29, 0.717) is 12.3 Å². The van der Waals surface area contributed by atoms with Gasteiger partial charge in [-0.3, -0.25) is 10.1 Å². The van der Waals surface area contributed by atoms with Crippen molar-refractivity contribution in [3.8, 4) is 0 Å². The number of aryl methyl sites for hydroxylation is 1. The molecule has 1 aromatic heterocycles. The van der Waals surface area contributed by atoms with Crippen molar-refractivity contribution in [1.29, 1.82) is 0 Å². The molecule has 0 saturated heterocycles. The fourth-order valence-corrected chi connectivity index (χ4v) is 2.74. The summed E-state index contributed by atoms with van der Waals surface area (Å²) in [5, 5.41) is 15.1. The molecule has 1 aromatic carbocycles. The van der Waals surface area contributed by atoms with Gasteiger partial charge in [0.15, 0.2) is 0 Å². The van der Waals surface area contributed by atoms with E-state index >= 15 is 0 Å². The number of nitrogens with one attached hydrogen (secondary N) is 1. The molecule has 0 aliphatic carbocycles. The molecule has 7 heteroatoms. The number of fused-ring (bicyclic) bond motifs is 1. The van der Waals surface area contributed by atoms with E-state index in [1.165, 1.54) is 11.3 Å². The van der Waals surface area contributed by atoms with E-state index in [4.69, 9.17) is 4.74 Å². The number of anilines is 1. The smallest absolute Gasteiger partial charge is 0.293 e. The first-order valence-electron chi connectivity index (χ1n) is 5.82. The van der Waals surface area contributed by atoms with Gasteiger partial charge in [-0.25, -0.2) is 4.98 Å². The summed E-state index contributed by atoms with van der Waals surface area (Å²) in [6, 6.07) is 3.28. The maximum atomic E-state index is 11.1. The number of methoxy groups -OCH3 is 1. The van der Waals surface area contributed by atoms with E-state index in [9.17, 15) is 10.1 Å². The molecule has 0 amide bonds. The van der Waals surface area contributed by atoms with E-state index in [2.05, 4.69) is 10.3 Å². The summed E-state index contributed by atoms with van der Waals surface area (Å²) in [6.07, 6.45) is 0. The minimum Gasteiger partial charge on any atom is -0.383 e. The Kier molecular flexibility index (Phi) is 3.96. The van der Waals surface area contributed by atoms with Gasteiger partial charge in [-0.05, 0) is 19.9 Å². The largest absolute Gasteiger partial charge is 0.383 e. The van der Waals surface area contributed by atoms with Crippen molar-refractivity contribution < 1.29 is 9.66 Å². The van der Waals surface area contributed by atoms with E-state index in [0.717, 1.165) is 15.2 Å². The molecule has 19 heavy (non-hydrogen) atoms. The molecule has 1 heterocycles. The third-order valence-electron chi connectivity index (χ3n) is 2.63. The van der Waals surface area contributed by atoms with E-state index in [1.807, 2.05) is 13.8 Å². The second kappa shape index (κ2) is 5.50. The summed E-state index contributed by atoms with van der Waals surface area (Å²) in [4.78, 5) is 15.1. The fraction of sp³-hybridized carbons (Fsp3) is 0.417. The lowest BCUT2D eigenvalue weighted by Gasteiger charge is -2.14. The van der Waals surface area contributed by atoms with Crippen LogP contribution in [0.3, 0.4) is 0 Å². The highest BCUT2D eigenvalue weighted by atomic mass is 32.1. The number of nitro groups is 1. The second-order valence-corrected chi connectivity index (χ2v) is 5.56. The van der Waals surface area contributed by atoms with Crippen LogP contribution < -0.4 is 5.32 Å². The highest BCUT2D eigenvalue weighted by Crippen LogP contribution is 2.33. The summed E-state index contributed by atoms with van der Waals surface area (Å²) in [6.45, 7) is 4.27. The number of nitrogens with zero attached hydrogens (tertiary/aromatic N) is 2. The SMILES string of the molecule is COCC(C)Nc1cc2nc(C)sc2cc1[N+](=O)[O-]. The second-order valence-electron chi connectivity index (χ2n) is 4.33. The van der Waals surface area contributed by atoms with Crippen molar-refractivity contribution in [3.05, 3.63) is 27.3 Å². The lowest BCUT2D eigenvalue weighted by molar-refractivity contribution is -0.383. The number of thiazole rings is 1. The molecule has 2 rings (SSSR count). The van der Waals surface area contributed by atoms with Crippen molar-refractivity contribution in [2.75, 3.05) is 19.0 Å². The molecular formula is C12H15N3O3S. The van der Waals surface area contributed by atoms with Crippen molar-refractivity contribution in [2.24, 2.45) is 0 Å². The van der Waals surface area contributed by atoms with Crippen LogP contribution in [-0.2, 0) is 4.74 Å². The molecule has 1 atom stereocenters. The predicted octanol–water partition coefficient (Wildman–Crippen LogP) is 2.96. The number of hydrogen-bond acceptors (Lipinski definition) is 6. The Labute approximate surface area is 114 Å². The van der Waals surface area contributed by atoms with Gasteiger partial charge in [0, 0.05) is 19.2 Å². The third kappa shape index (κ3) is 2.99. The molecule has 0 saturated carbocycles. The molecule has 0 bridgehead atoms. The van der Waals surface area contributed by atoms with Crippen LogP contribution in [0, 0.1) is 17.0 Å². The van der Waals surface area contributed by atoms with Crippen LogP contribution in [0.4, 0.5) is 11.4 Å². The predicted molar refractivity (Wildman–Crippen MR) is 76.0 cm³/mol. The Balaban J connectivity index is 2.44. The monoisotopic (exact) mass is 281 g/mol. The van der Waals surface area contributed by atoms with E-state index < -0.39 is 0 Å². The van der Waals surface area contributed by atoms with Crippen molar-refractivity contribution in [3.63, 3.8) is 0 Å². The van der Waals surface area contributed by atoms with Crippen LogP contribution in [-0.4, -0.2) is 29.7 Å². The summed E-state index contributed by atoms with van der Waals surface area (Å²) in [5.74, 6) is 0. The first kappa shape index (κ1) is 13.7. The summed E-state index contributed by atoms with van der Waals surface area (Å²) >= 11 is 1.45. The Morgan fingerprint density at radius 3 is 2.95 bits per heavy atom. The van der Waals surface area contributed by atoms with E-state index in [-0.39, 0.29) is 16.7 Å². The Bertz CT molecular complexity index is 612. The molecular weight excluding hydrogens is 266 g/mol. The molecule has 0 aliphatic heterocycles. The summed E-state index contributed by atoms with van der Waals surface area (Å²) in [7, 11) is 1.60. The first-order chi connectivity index (χ1) is 9.01. The average molecular weight is 281 g/mol.